The van der Waals surface area contributed by atoms with Gasteiger partial charge in [-0.3, -0.25) is 14.5 Å². The fourth-order valence-corrected chi connectivity index (χ4v) is 6.77. The third-order valence-electron chi connectivity index (χ3n) is 6.92. The fraction of sp³-hybridized carbons (Fsp3) is 0.423. The number of thiophene rings is 1. The van der Waals surface area contributed by atoms with Crippen LogP contribution in [0.2, 0.25) is 0 Å². The molecule has 4 nitrogen and oxygen atoms in total. The number of ketones is 1. The molecular formula is C26H25FN2O2S. The number of amides is 1. The lowest BCUT2D eigenvalue weighted by molar-refractivity contribution is -0.119. The predicted octanol–water partition coefficient (Wildman–Crippen LogP) is 5.95. The zero-order valence-electron chi connectivity index (χ0n) is 18.0. The van der Waals surface area contributed by atoms with E-state index in [-0.39, 0.29) is 29.8 Å². The summed E-state index contributed by atoms with van der Waals surface area (Å²) in [4.78, 5) is 29.5. The zero-order valence-corrected chi connectivity index (χ0v) is 18.8. The summed E-state index contributed by atoms with van der Waals surface area (Å²) in [6.45, 7) is 0. The van der Waals surface area contributed by atoms with Crippen LogP contribution in [0.15, 0.2) is 35.5 Å². The van der Waals surface area contributed by atoms with Gasteiger partial charge in [-0.25, -0.2) is 4.39 Å². The topological polar surface area (TPSA) is 61.2 Å². The molecule has 0 spiro atoms. The molecule has 0 N–H and O–H groups in total. The Labute approximate surface area is 191 Å². The van der Waals surface area contributed by atoms with Crippen LogP contribution in [-0.4, -0.2) is 11.7 Å². The molecule has 1 aromatic heterocycles. The van der Waals surface area contributed by atoms with E-state index in [0.29, 0.717) is 35.4 Å². The molecule has 164 valence electrons. The Kier molecular flexibility index (Phi) is 5.69. The van der Waals surface area contributed by atoms with Crippen LogP contribution in [0.3, 0.4) is 0 Å². The van der Waals surface area contributed by atoms with Gasteiger partial charge in [-0.15, -0.1) is 11.3 Å². The maximum absolute atomic E-state index is 13.5. The van der Waals surface area contributed by atoms with Crippen molar-refractivity contribution in [1.82, 2.24) is 0 Å². The Balaban J connectivity index is 1.65. The summed E-state index contributed by atoms with van der Waals surface area (Å²) < 4.78 is 13.5. The maximum atomic E-state index is 13.5. The first kappa shape index (κ1) is 21.1. The number of allylic oxidation sites excluding steroid dienone is 2. The minimum absolute atomic E-state index is 0.0616. The molecule has 1 aromatic carbocycles. The van der Waals surface area contributed by atoms with Crippen molar-refractivity contribution in [2.45, 2.75) is 70.1 Å². The van der Waals surface area contributed by atoms with Crippen molar-refractivity contribution < 1.29 is 14.0 Å². The number of halogens is 1. The van der Waals surface area contributed by atoms with Gasteiger partial charge in [-0.1, -0.05) is 25.0 Å². The largest absolute Gasteiger partial charge is 0.294 e. The zero-order chi connectivity index (χ0) is 22.2. The number of fused-ring (bicyclic) bond motifs is 1. The summed E-state index contributed by atoms with van der Waals surface area (Å²) in [6.07, 6.45) is 8.30. The summed E-state index contributed by atoms with van der Waals surface area (Å²) in [6, 6.07) is 8.50. The van der Waals surface area contributed by atoms with Crippen molar-refractivity contribution in [1.29, 1.82) is 5.26 Å². The second-order valence-electron chi connectivity index (χ2n) is 8.88. The van der Waals surface area contributed by atoms with E-state index < -0.39 is 0 Å². The molecular weight excluding hydrogens is 423 g/mol. The molecule has 2 heterocycles. The second kappa shape index (κ2) is 8.63. The lowest BCUT2D eigenvalue weighted by Crippen LogP contribution is -2.40. The van der Waals surface area contributed by atoms with E-state index in [1.807, 2.05) is 0 Å². The number of nitrogens with zero attached hydrogens (tertiary/aromatic N) is 2. The summed E-state index contributed by atoms with van der Waals surface area (Å²) in [5.41, 5.74) is 3.93. The van der Waals surface area contributed by atoms with Crippen molar-refractivity contribution in [2.75, 3.05) is 4.90 Å². The number of carbonyl (C=O) groups excluding carboxylic acids is 2. The molecule has 0 saturated carbocycles. The van der Waals surface area contributed by atoms with Crippen LogP contribution in [0.5, 0.6) is 0 Å². The first-order valence-corrected chi connectivity index (χ1v) is 12.3. The van der Waals surface area contributed by atoms with Gasteiger partial charge in [0.1, 0.15) is 16.9 Å². The van der Waals surface area contributed by atoms with Gasteiger partial charge < -0.3 is 0 Å². The number of carbonyl (C=O) groups is 2. The maximum Gasteiger partial charge on any atom is 0.232 e. The summed E-state index contributed by atoms with van der Waals surface area (Å²) in [5.74, 6) is -0.713. The third kappa shape index (κ3) is 3.59. The number of anilines is 1. The van der Waals surface area contributed by atoms with Gasteiger partial charge in [0.15, 0.2) is 5.78 Å². The van der Waals surface area contributed by atoms with E-state index in [2.05, 4.69) is 6.07 Å². The molecule has 0 fully saturated rings. The minimum atomic E-state index is -0.353. The molecule has 1 unspecified atom stereocenters. The molecule has 1 aliphatic heterocycles. The molecule has 0 radical (unpaired) electrons. The highest BCUT2D eigenvalue weighted by molar-refractivity contribution is 7.16. The first-order valence-electron chi connectivity index (χ1n) is 11.5. The standard InChI is InChI=1S/C26H25FN2O2S/c27-17-12-10-16(11-13-17)19-14-24(31)29(21-7-5-8-22(30)25(19)21)26-20(15-28)18-6-3-1-2-4-9-23(18)32-26/h10-13,19H,1-9,14H2. The number of Topliss-reactive ketones (excluding diaryl/α,β-unsaturated/α-hetero) is 1. The number of hydrogen-bond acceptors (Lipinski definition) is 4. The van der Waals surface area contributed by atoms with Gasteiger partial charge in [-0.2, -0.15) is 5.26 Å². The quantitative estimate of drug-likeness (QED) is 0.571. The van der Waals surface area contributed by atoms with Crippen molar-refractivity contribution >= 4 is 28.0 Å². The third-order valence-corrected chi connectivity index (χ3v) is 8.19. The molecule has 32 heavy (non-hydrogen) atoms. The minimum Gasteiger partial charge on any atom is -0.294 e. The molecule has 1 atom stereocenters. The van der Waals surface area contributed by atoms with Gasteiger partial charge in [0.2, 0.25) is 5.91 Å². The molecule has 6 heteroatoms. The van der Waals surface area contributed by atoms with E-state index in [4.69, 9.17) is 0 Å². The molecule has 1 amide bonds. The Bertz CT molecular complexity index is 1160. The van der Waals surface area contributed by atoms with Gasteiger partial charge in [0.25, 0.3) is 0 Å². The van der Waals surface area contributed by atoms with Gasteiger partial charge in [0.05, 0.1) is 5.56 Å². The molecule has 5 rings (SSSR count). The fourth-order valence-electron chi connectivity index (χ4n) is 5.39. The molecule has 0 saturated heterocycles. The van der Waals surface area contributed by atoms with Gasteiger partial charge in [0, 0.05) is 34.9 Å². The lowest BCUT2D eigenvalue weighted by atomic mass is 9.77. The lowest BCUT2D eigenvalue weighted by Gasteiger charge is -2.37. The van der Waals surface area contributed by atoms with Crippen LogP contribution < -0.4 is 4.90 Å². The summed E-state index contributed by atoms with van der Waals surface area (Å²) in [5, 5.41) is 10.7. The average molecular weight is 449 g/mol. The monoisotopic (exact) mass is 448 g/mol. The van der Waals surface area contributed by atoms with E-state index in [0.717, 1.165) is 42.5 Å². The average Bonchev–Trinajstić information content (AvgIpc) is 3.09. The Morgan fingerprint density at radius 3 is 2.47 bits per heavy atom. The number of aryl methyl sites for hydroxylation is 1. The smallest absolute Gasteiger partial charge is 0.232 e. The van der Waals surface area contributed by atoms with Gasteiger partial charge in [-0.05, 0) is 61.8 Å². The van der Waals surface area contributed by atoms with Crippen molar-refractivity contribution in [3.8, 4) is 6.07 Å². The highest BCUT2D eigenvalue weighted by Crippen LogP contribution is 2.47. The normalized spacial score (nSPS) is 21.5. The molecule has 2 aromatic rings. The van der Waals surface area contributed by atoms with Crippen molar-refractivity contribution in [3.05, 3.63) is 62.9 Å². The van der Waals surface area contributed by atoms with E-state index in [1.165, 1.54) is 29.9 Å². The van der Waals surface area contributed by atoms with Crippen LogP contribution in [0.25, 0.3) is 0 Å². The summed E-state index contributed by atoms with van der Waals surface area (Å²) >= 11 is 1.56. The number of nitriles is 1. The molecule has 0 bridgehead atoms. The van der Waals surface area contributed by atoms with E-state index in [9.17, 15) is 19.2 Å². The highest BCUT2D eigenvalue weighted by atomic mass is 32.1. The number of rotatable bonds is 2. The molecule has 2 aliphatic carbocycles. The number of benzene rings is 1. The van der Waals surface area contributed by atoms with Gasteiger partial charge >= 0.3 is 0 Å². The summed E-state index contributed by atoms with van der Waals surface area (Å²) in [7, 11) is 0. The van der Waals surface area contributed by atoms with Crippen LogP contribution >= 0.6 is 11.3 Å². The predicted molar refractivity (Wildman–Crippen MR) is 122 cm³/mol. The Hall–Kier alpha value is -2.78. The number of hydrogen-bond donors (Lipinski definition) is 0. The van der Waals surface area contributed by atoms with Crippen molar-refractivity contribution in [3.63, 3.8) is 0 Å². The van der Waals surface area contributed by atoms with Crippen LogP contribution in [0, 0.1) is 17.1 Å². The first-order chi connectivity index (χ1) is 15.6. The van der Waals surface area contributed by atoms with E-state index >= 15 is 0 Å². The SMILES string of the molecule is N#Cc1c(N2C(=O)CC(c3ccc(F)cc3)C3=C2CCCC3=O)sc2c1CCCCCC2. The van der Waals surface area contributed by atoms with Crippen LogP contribution in [0.4, 0.5) is 9.39 Å². The second-order valence-corrected chi connectivity index (χ2v) is 9.97. The Morgan fingerprint density at radius 1 is 0.969 bits per heavy atom. The van der Waals surface area contributed by atoms with Crippen LogP contribution in [0.1, 0.15) is 78.9 Å². The van der Waals surface area contributed by atoms with Crippen molar-refractivity contribution in [2.24, 2.45) is 0 Å². The highest BCUT2D eigenvalue weighted by Gasteiger charge is 2.41. The Morgan fingerprint density at radius 2 is 1.72 bits per heavy atom. The molecule has 3 aliphatic rings. The van der Waals surface area contributed by atoms with Crippen LogP contribution in [-0.2, 0) is 22.4 Å². The van der Waals surface area contributed by atoms with E-state index in [1.54, 1.807) is 28.4 Å².